The van der Waals surface area contributed by atoms with Crippen molar-refractivity contribution in [2.24, 2.45) is 7.05 Å². The lowest BCUT2D eigenvalue weighted by Gasteiger charge is -2.02. The number of anilines is 1. The molecule has 2 heterocycles. The molecule has 0 aliphatic rings. The molecular formula is C10H14N4O2S2. The lowest BCUT2D eigenvalue weighted by atomic mass is 10.5. The maximum atomic E-state index is 12.1. The summed E-state index contributed by atoms with van der Waals surface area (Å²) < 4.78 is 28.2. The van der Waals surface area contributed by atoms with E-state index in [2.05, 4.69) is 15.1 Å². The van der Waals surface area contributed by atoms with Gasteiger partial charge in [0, 0.05) is 30.0 Å². The van der Waals surface area contributed by atoms with Crippen LogP contribution < -0.4 is 10.0 Å². The van der Waals surface area contributed by atoms with Crippen LogP contribution in [0.2, 0.25) is 0 Å². The number of hydrogen-bond donors (Lipinski definition) is 2. The first-order valence-electron chi connectivity index (χ1n) is 5.25. The van der Waals surface area contributed by atoms with E-state index in [1.807, 2.05) is 7.05 Å². The topological polar surface area (TPSA) is 76.0 Å². The molecule has 0 bridgehead atoms. The van der Waals surface area contributed by atoms with Crippen molar-refractivity contribution < 1.29 is 8.42 Å². The van der Waals surface area contributed by atoms with Gasteiger partial charge in [0.05, 0.1) is 16.8 Å². The molecule has 0 aliphatic carbocycles. The number of nitrogens with one attached hydrogen (secondary N) is 2. The van der Waals surface area contributed by atoms with Crippen LogP contribution in [0.15, 0.2) is 28.7 Å². The second-order valence-electron chi connectivity index (χ2n) is 3.79. The van der Waals surface area contributed by atoms with Crippen LogP contribution in [0.1, 0.15) is 4.88 Å². The molecule has 0 saturated heterocycles. The van der Waals surface area contributed by atoms with Gasteiger partial charge < -0.3 is 5.32 Å². The zero-order valence-corrected chi connectivity index (χ0v) is 11.7. The van der Waals surface area contributed by atoms with Gasteiger partial charge in [-0.3, -0.25) is 9.40 Å². The van der Waals surface area contributed by atoms with E-state index in [-0.39, 0.29) is 4.90 Å². The Labute approximate surface area is 110 Å². The van der Waals surface area contributed by atoms with Crippen molar-refractivity contribution in [3.63, 3.8) is 0 Å². The molecule has 0 unspecified atom stereocenters. The lowest BCUT2D eigenvalue weighted by molar-refractivity contribution is 0.601. The van der Waals surface area contributed by atoms with Crippen molar-refractivity contribution in [3.05, 3.63) is 28.7 Å². The van der Waals surface area contributed by atoms with Gasteiger partial charge in [-0.25, -0.2) is 8.42 Å². The monoisotopic (exact) mass is 286 g/mol. The summed E-state index contributed by atoms with van der Waals surface area (Å²) in [5.74, 6) is 0. The first kappa shape index (κ1) is 13.1. The minimum Gasteiger partial charge on any atom is -0.315 e. The maximum absolute atomic E-state index is 12.1. The number of thiophene rings is 1. The Morgan fingerprint density at radius 2 is 2.28 bits per heavy atom. The van der Waals surface area contributed by atoms with Crippen molar-refractivity contribution in [2.75, 3.05) is 11.8 Å². The average molecular weight is 286 g/mol. The molecule has 0 amide bonds. The number of sulfonamides is 1. The number of rotatable bonds is 5. The molecule has 2 rings (SSSR count). The smallest absolute Gasteiger partial charge is 0.262 e. The van der Waals surface area contributed by atoms with Gasteiger partial charge in [-0.2, -0.15) is 5.10 Å². The zero-order valence-electron chi connectivity index (χ0n) is 10.0. The van der Waals surface area contributed by atoms with Gasteiger partial charge >= 0.3 is 0 Å². The highest BCUT2D eigenvalue weighted by Crippen LogP contribution is 2.21. The Kier molecular flexibility index (Phi) is 3.69. The summed E-state index contributed by atoms with van der Waals surface area (Å²) in [6.45, 7) is 0.660. The minimum absolute atomic E-state index is 0.279. The molecule has 0 atom stereocenters. The zero-order chi connectivity index (χ0) is 13.2. The second kappa shape index (κ2) is 5.09. The highest BCUT2D eigenvalue weighted by molar-refractivity contribution is 7.92. The first-order chi connectivity index (χ1) is 8.51. The van der Waals surface area contributed by atoms with Gasteiger partial charge in [-0.15, -0.1) is 11.3 Å². The van der Waals surface area contributed by atoms with Gasteiger partial charge in [0.2, 0.25) is 0 Å². The van der Waals surface area contributed by atoms with Crippen molar-refractivity contribution in [3.8, 4) is 0 Å². The molecule has 0 aromatic carbocycles. The Morgan fingerprint density at radius 1 is 1.50 bits per heavy atom. The molecule has 2 aromatic heterocycles. The van der Waals surface area contributed by atoms with Crippen LogP contribution in [0.25, 0.3) is 0 Å². The van der Waals surface area contributed by atoms with Gasteiger partial charge in [0.25, 0.3) is 10.0 Å². The molecule has 0 aliphatic heterocycles. The van der Waals surface area contributed by atoms with Gasteiger partial charge in [-0.1, -0.05) is 0 Å². The summed E-state index contributed by atoms with van der Waals surface area (Å²) in [6, 6.07) is 1.67. The molecule has 18 heavy (non-hydrogen) atoms. The van der Waals surface area contributed by atoms with Crippen LogP contribution >= 0.6 is 11.3 Å². The number of aromatic nitrogens is 2. The van der Waals surface area contributed by atoms with Crippen molar-refractivity contribution >= 4 is 27.0 Å². The van der Waals surface area contributed by atoms with E-state index in [1.54, 1.807) is 24.7 Å². The third kappa shape index (κ3) is 2.89. The predicted octanol–water partition coefficient (Wildman–Crippen LogP) is 1.00. The maximum Gasteiger partial charge on any atom is 0.262 e. The lowest BCUT2D eigenvalue weighted by Crippen LogP contribution is -2.11. The fourth-order valence-corrected chi connectivity index (χ4v) is 3.77. The molecule has 2 aromatic rings. The molecular weight excluding hydrogens is 272 g/mol. The summed E-state index contributed by atoms with van der Waals surface area (Å²) in [7, 11) is 0.0326. The van der Waals surface area contributed by atoms with Crippen LogP contribution in [-0.2, 0) is 23.6 Å². The number of aryl methyl sites for hydroxylation is 1. The quantitative estimate of drug-likeness (QED) is 0.860. The van der Waals surface area contributed by atoms with E-state index in [0.717, 1.165) is 4.88 Å². The molecule has 6 nitrogen and oxygen atoms in total. The van der Waals surface area contributed by atoms with E-state index in [0.29, 0.717) is 12.2 Å². The fraction of sp³-hybridized carbons (Fsp3) is 0.300. The fourth-order valence-electron chi connectivity index (χ4n) is 1.46. The third-order valence-electron chi connectivity index (χ3n) is 2.25. The predicted molar refractivity (Wildman–Crippen MR) is 71.1 cm³/mol. The largest absolute Gasteiger partial charge is 0.315 e. The minimum atomic E-state index is -3.52. The van der Waals surface area contributed by atoms with E-state index >= 15 is 0 Å². The molecule has 0 saturated carbocycles. The van der Waals surface area contributed by atoms with Gasteiger partial charge in [0.15, 0.2) is 0 Å². The molecule has 2 N–H and O–H groups in total. The summed E-state index contributed by atoms with van der Waals surface area (Å²) in [5.41, 5.74) is 0.457. The summed E-state index contributed by atoms with van der Waals surface area (Å²) in [4.78, 5) is 1.26. The van der Waals surface area contributed by atoms with Gasteiger partial charge in [0.1, 0.15) is 0 Å². The molecule has 8 heteroatoms. The normalized spacial score (nSPS) is 11.7. The third-order valence-corrected chi connectivity index (χ3v) is 4.69. The molecule has 0 fully saturated rings. The van der Waals surface area contributed by atoms with Crippen molar-refractivity contribution in [2.45, 2.75) is 11.4 Å². The Bertz CT molecular complexity index is 630. The number of hydrogen-bond acceptors (Lipinski definition) is 5. The number of nitrogens with zero attached hydrogens (tertiary/aromatic N) is 2. The Hall–Kier alpha value is -1.38. The van der Waals surface area contributed by atoms with Gasteiger partial charge in [-0.05, 0) is 13.1 Å². The van der Waals surface area contributed by atoms with Crippen LogP contribution in [0.3, 0.4) is 0 Å². The van der Waals surface area contributed by atoms with E-state index in [9.17, 15) is 8.42 Å². The summed E-state index contributed by atoms with van der Waals surface area (Å²) in [6.07, 6.45) is 3.08. The standard InChI is InChI=1S/C10H14N4O2S2/c1-11-5-9-3-10(7-17-9)18(15,16)13-8-4-12-14(2)6-8/h3-4,6-7,11,13H,5H2,1-2H3. The first-order valence-corrected chi connectivity index (χ1v) is 7.61. The second-order valence-corrected chi connectivity index (χ2v) is 6.47. The van der Waals surface area contributed by atoms with Crippen LogP contribution in [0.4, 0.5) is 5.69 Å². The summed E-state index contributed by atoms with van der Waals surface area (Å²) >= 11 is 1.41. The van der Waals surface area contributed by atoms with Crippen LogP contribution in [0, 0.1) is 0 Å². The molecule has 0 radical (unpaired) electrons. The highest BCUT2D eigenvalue weighted by Gasteiger charge is 2.16. The Balaban J connectivity index is 2.19. The van der Waals surface area contributed by atoms with E-state index in [1.165, 1.54) is 22.2 Å². The Morgan fingerprint density at radius 3 is 2.89 bits per heavy atom. The molecule has 98 valence electrons. The summed E-state index contributed by atoms with van der Waals surface area (Å²) in [5, 5.41) is 8.53. The van der Waals surface area contributed by atoms with Crippen LogP contribution in [0.5, 0.6) is 0 Å². The van der Waals surface area contributed by atoms with E-state index in [4.69, 9.17) is 0 Å². The average Bonchev–Trinajstić information content (AvgIpc) is 2.88. The molecule has 0 spiro atoms. The van der Waals surface area contributed by atoms with Crippen molar-refractivity contribution in [1.82, 2.24) is 15.1 Å². The van der Waals surface area contributed by atoms with E-state index < -0.39 is 10.0 Å². The highest BCUT2D eigenvalue weighted by atomic mass is 32.2. The SMILES string of the molecule is CNCc1cc(S(=O)(=O)Nc2cnn(C)c2)cs1. The van der Waals surface area contributed by atoms with Crippen molar-refractivity contribution in [1.29, 1.82) is 0 Å². The van der Waals surface area contributed by atoms with Crippen LogP contribution in [-0.4, -0.2) is 25.2 Å².